The first-order valence-electron chi connectivity index (χ1n) is 8.92. The summed E-state index contributed by atoms with van der Waals surface area (Å²) in [6, 6.07) is 4.61. The molecular weight excluding hydrogens is 346 g/mol. The zero-order chi connectivity index (χ0) is 18.7. The summed E-state index contributed by atoms with van der Waals surface area (Å²) in [7, 11) is 0. The van der Waals surface area contributed by atoms with Crippen LogP contribution in [0.15, 0.2) is 18.2 Å². The van der Waals surface area contributed by atoms with E-state index in [4.69, 9.17) is 0 Å². The van der Waals surface area contributed by atoms with Crippen molar-refractivity contribution in [3.8, 4) is 5.75 Å². The highest BCUT2D eigenvalue weighted by Crippen LogP contribution is 2.34. The molecule has 9 heteroatoms. The molecule has 26 heavy (non-hydrogen) atoms. The highest BCUT2D eigenvalue weighted by Gasteiger charge is 2.31. The number of anilines is 1. The van der Waals surface area contributed by atoms with Gasteiger partial charge in [-0.3, -0.25) is 15.0 Å². The topological polar surface area (TPSA) is 62.1 Å². The molecule has 1 unspecified atom stereocenters. The van der Waals surface area contributed by atoms with Crippen LogP contribution in [0.5, 0.6) is 5.75 Å². The fourth-order valence-corrected chi connectivity index (χ4v) is 3.76. The van der Waals surface area contributed by atoms with Crippen LogP contribution in [-0.4, -0.2) is 73.2 Å². The molecule has 0 spiro atoms. The maximum Gasteiger partial charge on any atom is 0.387 e. The van der Waals surface area contributed by atoms with Gasteiger partial charge in [-0.25, -0.2) is 0 Å². The number of benzene rings is 1. The normalized spacial score (nSPS) is 22.2. The van der Waals surface area contributed by atoms with Crippen molar-refractivity contribution in [1.82, 2.24) is 9.80 Å². The van der Waals surface area contributed by atoms with Crippen molar-refractivity contribution >= 4 is 11.4 Å². The van der Waals surface area contributed by atoms with E-state index >= 15 is 0 Å². The zero-order valence-corrected chi connectivity index (χ0v) is 14.8. The average Bonchev–Trinajstić information content (AvgIpc) is 3.11. The van der Waals surface area contributed by atoms with Gasteiger partial charge in [0, 0.05) is 63.1 Å². The Labute approximate surface area is 151 Å². The highest BCUT2D eigenvalue weighted by atomic mass is 19.3. The van der Waals surface area contributed by atoms with Crippen molar-refractivity contribution in [2.45, 2.75) is 26.0 Å². The molecule has 0 radical (unpaired) electrons. The van der Waals surface area contributed by atoms with Crippen LogP contribution < -0.4 is 9.64 Å². The molecule has 2 saturated heterocycles. The number of nitro benzene ring substituents is 1. The molecule has 2 aliphatic heterocycles. The lowest BCUT2D eigenvalue weighted by atomic mass is 10.2. The number of alkyl halides is 2. The second kappa shape index (κ2) is 8.13. The minimum absolute atomic E-state index is 0.387. The Hall–Kier alpha value is -2.00. The third-order valence-corrected chi connectivity index (χ3v) is 5.26. The van der Waals surface area contributed by atoms with E-state index in [2.05, 4.69) is 26.4 Å². The average molecular weight is 370 g/mol. The van der Waals surface area contributed by atoms with Gasteiger partial charge in [0.15, 0.2) is 0 Å². The predicted molar refractivity (Wildman–Crippen MR) is 94.0 cm³/mol. The van der Waals surface area contributed by atoms with Crippen LogP contribution in [0, 0.1) is 10.1 Å². The molecule has 3 rings (SSSR count). The first kappa shape index (κ1) is 18.8. The lowest BCUT2D eigenvalue weighted by Crippen LogP contribution is -2.50. The molecule has 2 aliphatic rings. The molecule has 1 aromatic carbocycles. The van der Waals surface area contributed by atoms with Crippen LogP contribution in [0.2, 0.25) is 0 Å². The van der Waals surface area contributed by atoms with Crippen LogP contribution in [0.25, 0.3) is 0 Å². The summed E-state index contributed by atoms with van der Waals surface area (Å²) in [6.45, 7) is 5.93. The van der Waals surface area contributed by atoms with Gasteiger partial charge in [0.1, 0.15) is 0 Å². The van der Waals surface area contributed by atoms with Crippen molar-refractivity contribution in [3.63, 3.8) is 0 Å². The number of rotatable bonds is 6. The van der Waals surface area contributed by atoms with Gasteiger partial charge in [-0.15, -0.1) is 0 Å². The Bertz CT molecular complexity index is 638. The SMILES string of the molecule is CCN1CCN(C2CCN(c3ccc([N+](=O)[O-])c(OC(F)F)c3)C2)CC1. The number of hydrogen-bond acceptors (Lipinski definition) is 6. The molecule has 0 N–H and O–H groups in total. The fraction of sp³-hybridized carbons (Fsp3) is 0.647. The van der Waals surface area contributed by atoms with E-state index in [0.717, 1.165) is 52.2 Å². The third-order valence-electron chi connectivity index (χ3n) is 5.26. The van der Waals surface area contributed by atoms with Crippen LogP contribution in [0.4, 0.5) is 20.2 Å². The van der Waals surface area contributed by atoms with E-state index in [1.165, 1.54) is 12.1 Å². The lowest BCUT2D eigenvalue weighted by Gasteiger charge is -2.37. The predicted octanol–water partition coefficient (Wildman–Crippen LogP) is 2.41. The van der Waals surface area contributed by atoms with Crippen molar-refractivity contribution in [2.24, 2.45) is 0 Å². The Morgan fingerprint density at radius 2 is 2.00 bits per heavy atom. The summed E-state index contributed by atoms with van der Waals surface area (Å²) in [6.07, 6.45) is 0.994. The van der Waals surface area contributed by atoms with E-state index in [-0.39, 0.29) is 5.75 Å². The third kappa shape index (κ3) is 4.21. The molecule has 1 atom stereocenters. The van der Waals surface area contributed by atoms with Gasteiger partial charge in [0.25, 0.3) is 0 Å². The Morgan fingerprint density at radius 1 is 1.27 bits per heavy atom. The minimum atomic E-state index is -3.09. The molecule has 0 bridgehead atoms. The van der Waals surface area contributed by atoms with Gasteiger partial charge in [-0.1, -0.05) is 6.92 Å². The van der Waals surface area contributed by atoms with Crippen molar-refractivity contribution in [3.05, 3.63) is 28.3 Å². The van der Waals surface area contributed by atoms with E-state index in [0.29, 0.717) is 11.7 Å². The summed E-state index contributed by atoms with van der Waals surface area (Å²) in [4.78, 5) is 17.3. The van der Waals surface area contributed by atoms with E-state index in [1.807, 2.05) is 0 Å². The first-order valence-corrected chi connectivity index (χ1v) is 8.92. The molecule has 1 aromatic rings. The highest BCUT2D eigenvalue weighted by molar-refractivity contribution is 5.59. The van der Waals surface area contributed by atoms with Crippen LogP contribution >= 0.6 is 0 Å². The molecule has 0 aliphatic carbocycles. The summed E-state index contributed by atoms with van der Waals surface area (Å²) in [5, 5.41) is 11.0. The number of ether oxygens (including phenoxy) is 1. The van der Waals surface area contributed by atoms with Gasteiger partial charge in [0.05, 0.1) is 4.92 Å². The Morgan fingerprint density at radius 3 is 2.62 bits per heavy atom. The van der Waals surface area contributed by atoms with Crippen molar-refractivity contribution in [1.29, 1.82) is 0 Å². The number of nitrogens with zero attached hydrogens (tertiary/aromatic N) is 4. The molecule has 2 fully saturated rings. The summed E-state index contributed by atoms with van der Waals surface area (Å²) >= 11 is 0. The van der Waals surface area contributed by atoms with Gasteiger partial charge in [0.2, 0.25) is 5.75 Å². The zero-order valence-electron chi connectivity index (χ0n) is 14.8. The number of piperazine rings is 1. The number of hydrogen-bond donors (Lipinski definition) is 0. The van der Waals surface area contributed by atoms with E-state index < -0.39 is 17.2 Å². The minimum Gasteiger partial charge on any atom is -0.427 e. The summed E-state index contributed by atoms with van der Waals surface area (Å²) in [5.74, 6) is -0.387. The van der Waals surface area contributed by atoms with E-state index in [9.17, 15) is 18.9 Å². The van der Waals surface area contributed by atoms with Crippen LogP contribution in [0.3, 0.4) is 0 Å². The quantitative estimate of drug-likeness (QED) is 0.566. The smallest absolute Gasteiger partial charge is 0.387 e. The monoisotopic (exact) mass is 370 g/mol. The van der Waals surface area contributed by atoms with Gasteiger partial charge >= 0.3 is 12.3 Å². The Kier molecular flexibility index (Phi) is 5.87. The molecule has 2 heterocycles. The second-order valence-corrected chi connectivity index (χ2v) is 6.65. The number of nitro groups is 1. The maximum absolute atomic E-state index is 12.6. The van der Waals surface area contributed by atoms with E-state index in [1.54, 1.807) is 6.07 Å². The maximum atomic E-state index is 12.6. The molecule has 7 nitrogen and oxygen atoms in total. The molecule has 0 aromatic heterocycles. The standard InChI is InChI=1S/C17H24F2N4O3/c1-2-20-7-9-21(10-8-20)14-5-6-22(12-14)13-3-4-15(23(24)25)16(11-13)26-17(18)19/h3-4,11,14,17H,2,5-10,12H2,1H3. The van der Waals surface area contributed by atoms with Crippen molar-refractivity contribution in [2.75, 3.05) is 50.7 Å². The Balaban J connectivity index is 1.67. The van der Waals surface area contributed by atoms with Crippen LogP contribution in [0.1, 0.15) is 13.3 Å². The van der Waals surface area contributed by atoms with Gasteiger partial charge in [-0.2, -0.15) is 8.78 Å². The summed E-state index contributed by atoms with van der Waals surface area (Å²) < 4.78 is 29.5. The second-order valence-electron chi connectivity index (χ2n) is 6.65. The molecular formula is C17H24F2N4O3. The largest absolute Gasteiger partial charge is 0.427 e. The number of halogens is 2. The first-order chi connectivity index (χ1) is 12.5. The molecule has 144 valence electrons. The fourth-order valence-electron chi connectivity index (χ4n) is 3.76. The van der Waals surface area contributed by atoms with Gasteiger partial charge in [-0.05, 0) is 19.0 Å². The number of likely N-dealkylation sites (N-methyl/N-ethyl adjacent to an activating group) is 1. The lowest BCUT2D eigenvalue weighted by molar-refractivity contribution is -0.386. The summed E-state index contributed by atoms with van der Waals surface area (Å²) in [5.41, 5.74) is 0.237. The molecule has 0 amide bonds. The van der Waals surface area contributed by atoms with Crippen molar-refractivity contribution < 1.29 is 18.4 Å². The van der Waals surface area contributed by atoms with Crippen LogP contribution in [-0.2, 0) is 0 Å². The van der Waals surface area contributed by atoms with Gasteiger partial charge < -0.3 is 14.5 Å². The molecule has 0 saturated carbocycles.